The van der Waals surface area contributed by atoms with Crippen LogP contribution in [0.5, 0.6) is 0 Å². The van der Waals surface area contributed by atoms with Crippen LogP contribution in [0, 0.1) is 5.92 Å². The Hall–Kier alpha value is -2.05. The highest BCUT2D eigenvalue weighted by atomic mass is 35.5. The molecule has 1 aliphatic heterocycles. The van der Waals surface area contributed by atoms with E-state index in [1.165, 1.54) is 0 Å². The molecule has 0 unspecified atom stereocenters. The Morgan fingerprint density at radius 2 is 2.15 bits per heavy atom. The van der Waals surface area contributed by atoms with E-state index in [0.29, 0.717) is 21.4 Å². The molecule has 138 valence electrons. The first kappa shape index (κ1) is 18.7. The van der Waals surface area contributed by atoms with Gasteiger partial charge in [0.05, 0.1) is 40.6 Å². The number of hydrogen-bond acceptors (Lipinski definition) is 5. The predicted octanol–water partition coefficient (Wildman–Crippen LogP) is 4.30. The molecule has 1 atom stereocenters. The molecule has 0 aliphatic carbocycles. The predicted molar refractivity (Wildman–Crippen MR) is 107 cm³/mol. The van der Waals surface area contributed by atoms with E-state index >= 15 is 0 Å². The van der Waals surface area contributed by atoms with Gasteiger partial charge < -0.3 is 15.3 Å². The summed E-state index contributed by atoms with van der Waals surface area (Å²) in [6.07, 6.45) is 1.79. The fourth-order valence-corrected chi connectivity index (χ4v) is 3.28. The SMILES string of the molecule is CC(C)[C@H](CC(=O)O)Nc1cc(N2C=NCC2)c2ccc(Cl)c(Cl)c2n1. The van der Waals surface area contributed by atoms with Crippen molar-refractivity contribution in [3.05, 3.63) is 28.2 Å². The summed E-state index contributed by atoms with van der Waals surface area (Å²) in [5, 5.41) is 14.1. The van der Waals surface area contributed by atoms with Crippen molar-refractivity contribution in [1.82, 2.24) is 4.98 Å². The molecule has 2 N–H and O–H groups in total. The molecule has 0 fully saturated rings. The fraction of sp³-hybridized carbons (Fsp3) is 0.389. The van der Waals surface area contributed by atoms with Crippen LogP contribution in [-0.4, -0.2) is 41.5 Å². The zero-order valence-corrected chi connectivity index (χ0v) is 16.1. The summed E-state index contributed by atoms with van der Waals surface area (Å²) in [5.41, 5.74) is 1.49. The first-order chi connectivity index (χ1) is 12.4. The minimum atomic E-state index is -0.857. The van der Waals surface area contributed by atoms with E-state index in [-0.39, 0.29) is 18.4 Å². The van der Waals surface area contributed by atoms with Crippen LogP contribution in [0.15, 0.2) is 23.2 Å². The second-order valence-electron chi connectivity index (χ2n) is 6.59. The molecule has 1 aromatic heterocycles. The first-order valence-corrected chi connectivity index (χ1v) is 9.16. The molecular formula is C18H20Cl2N4O2. The summed E-state index contributed by atoms with van der Waals surface area (Å²) in [5.74, 6) is -0.169. The average molecular weight is 395 g/mol. The summed E-state index contributed by atoms with van der Waals surface area (Å²) in [7, 11) is 0. The van der Waals surface area contributed by atoms with Gasteiger partial charge in [0, 0.05) is 24.0 Å². The number of carboxylic acid groups (broad SMARTS) is 1. The molecule has 26 heavy (non-hydrogen) atoms. The maximum Gasteiger partial charge on any atom is 0.305 e. The number of halogens is 2. The highest BCUT2D eigenvalue weighted by molar-refractivity contribution is 6.45. The van der Waals surface area contributed by atoms with Crippen molar-refractivity contribution in [3.63, 3.8) is 0 Å². The van der Waals surface area contributed by atoms with Crippen molar-refractivity contribution >= 4 is 57.9 Å². The molecule has 0 radical (unpaired) electrons. The minimum absolute atomic E-state index is 0.00116. The molecule has 0 amide bonds. The average Bonchev–Trinajstić information content (AvgIpc) is 3.11. The van der Waals surface area contributed by atoms with Gasteiger partial charge in [-0.2, -0.15) is 0 Å². The van der Waals surface area contributed by atoms with Crippen LogP contribution < -0.4 is 10.2 Å². The van der Waals surface area contributed by atoms with Gasteiger partial charge in [-0.25, -0.2) is 4.98 Å². The molecule has 0 spiro atoms. The maximum atomic E-state index is 11.2. The van der Waals surface area contributed by atoms with E-state index in [4.69, 9.17) is 28.3 Å². The van der Waals surface area contributed by atoms with Crippen LogP contribution in [0.1, 0.15) is 20.3 Å². The smallest absolute Gasteiger partial charge is 0.305 e. The lowest BCUT2D eigenvalue weighted by Crippen LogP contribution is -2.29. The number of aromatic nitrogens is 1. The Morgan fingerprint density at radius 3 is 2.77 bits per heavy atom. The van der Waals surface area contributed by atoms with Crippen LogP contribution in [0.25, 0.3) is 10.9 Å². The molecule has 8 heteroatoms. The van der Waals surface area contributed by atoms with Gasteiger partial charge in [-0.3, -0.25) is 9.79 Å². The quantitative estimate of drug-likeness (QED) is 0.763. The number of carbonyl (C=O) groups is 1. The lowest BCUT2D eigenvalue weighted by Gasteiger charge is -2.24. The van der Waals surface area contributed by atoms with Gasteiger partial charge in [-0.1, -0.05) is 37.0 Å². The summed E-state index contributed by atoms with van der Waals surface area (Å²) >= 11 is 12.6. The van der Waals surface area contributed by atoms with Gasteiger partial charge in [0.1, 0.15) is 5.82 Å². The Kier molecular flexibility index (Phi) is 5.53. The van der Waals surface area contributed by atoms with Gasteiger partial charge in [-0.15, -0.1) is 0 Å². The summed E-state index contributed by atoms with van der Waals surface area (Å²) in [6, 6.07) is 5.29. The van der Waals surface area contributed by atoms with Crippen molar-refractivity contribution in [3.8, 4) is 0 Å². The number of carboxylic acids is 1. The van der Waals surface area contributed by atoms with Crippen LogP contribution in [0.3, 0.4) is 0 Å². The standard InChI is InChI=1S/C18H20Cl2N4O2/c1-10(2)13(7-16(25)26)22-15-8-14(24-6-5-21-9-24)11-3-4-12(19)17(20)18(11)23-15/h3-4,8-10,13H,5-7H2,1-2H3,(H,22,23)(H,25,26)/t13-/m0/s1. The zero-order chi connectivity index (χ0) is 18.8. The van der Waals surface area contributed by atoms with Crippen molar-refractivity contribution in [2.24, 2.45) is 10.9 Å². The zero-order valence-electron chi connectivity index (χ0n) is 14.5. The fourth-order valence-electron chi connectivity index (χ4n) is 2.92. The third-order valence-corrected chi connectivity index (χ3v) is 5.18. The Morgan fingerprint density at radius 1 is 1.38 bits per heavy atom. The highest BCUT2D eigenvalue weighted by Crippen LogP contribution is 2.36. The molecule has 1 aromatic carbocycles. The van der Waals surface area contributed by atoms with Crippen molar-refractivity contribution < 1.29 is 9.90 Å². The minimum Gasteiger partial charge on any atom is -0.481 e. The number of nitrogens with zero attached hydrogens (tertiary/aromatic N) is 3. The Balaban J connectivity index is 2.09. The third-order valence-electron chi connectivity index (χ3n) is 4.38. The molecule has 6 nitrogen and oxygen atoms in total. The lowest BCUT2D eigenvalue weighted by molar-refractivity contribution is -0.137. The maximum absolute atomic E-state index is 11.2. The van der Waals surface area contributed by atoms with Gasteiger partial charge in [0.25, 0.3) is 0 Å². The monoisotopic (exact) mass is 394 g/mol. The largest absolute Gasteiger partial charge is 0.481 e. The molecule has 0 bridgehead atoms. The van der Waals surface area contributed by atoms with Gasteiger partial charge in [0.15, 0.2) is 0 Å². The number of benzene rings is 1. The number of rotatable bonds is 6. The topological polar surface area (TPSA) is 77.8 Å². The number of anilines is 2. The molecule has 0 saturated carbocycles. The number of hydrogen-bond donors (Lipinski definition) is 2. The summed E-state index contributed by atoms with van der Waals surface area (Å²) in [6.45, 7) is 5.43. The van der Waals surface area contributed by atoms with Crippen LogP contribution in [0.2, 0.25) is 10.0 Å². The molecule has 3 rings (SSSR count). The van der Waals surface area contributed by atoms with Gasteiger partial charge >= 0.3 is 5.97 Å². The molecular weight excluding hydrogens is 375 g/mol. The number of pyridine rings is 1. The lowest BCUT2D eigenvalue weighted by atomic mass is 10.0. The first-order valence-electron chi connectivity index (χ1n) is 8.40. The normalized spacial score (nSPS) is 15.0. The Labute approximate surface area is 161 Å². The number of aliphatic imine (C=N–C) groups is 1. The van der Waals surface area contributed by atoms with Crippen molar-refractivity contribution in [1.29, 1.82) is 0 Å². The third kappa shape index (κ3) is 3.86. The van der Waals surface area contributed by atoms with Crippen molar-refractivity contribution in [2.75, 3.05) is 23.3 Å². The molecule has 1 aliphatic rings. The van der Waals surface area contributed by atoms with Gasteiger partial charge in [0.2, 0.25) is 0 Å². The van der Waals surface area contributed by atoms with E-state index in [1.807, 2.05) is 30.9 Å². The summed E-state index contributed by atoms with van der Waals surface area (Å²) < 4.78 is 0. The number of nitrogens with one attached hydrogen (secondary N) is 1. The Bertz CT molecular complexity index is 870. The van der Waals surface area contributed by atoms with E-state index in [1.54, 1.807) is 12.4 Å². The van der Waals surface area contributed by atoms with E-state index < -0.39 is 5.97 Å². The molecule has 2 heterocycles. The van der Waals surface area contributed by atoms with Crippen LogP contribution in [-0.2, 0) is 4.79 Å². The molecule has 0 saturated heterocycles. The van der Waals surface area contributed by atoms with Crippen LogP contribution >= 0.6 is 23.2 Å². The van der Waals surface area contributed by atoms with Gasteiger partial charge in [-0.05, 0) is 18.1 Å². The summed E-state index contributed by atoms with van der Waals surface area (Å²) in [4.78, 5) is 22.1. The van der Waals surface area contributed by atoms with E-state index in [0.717, 1.165) is 24.2 Å². The van der Waals surface area contributed by atoms with Crippen molar-refractivity contribution in [2.45, 2.75) is 26.3 Å². The second kappa shape index (κ2) is 7.68. The van der Waals surface area contributed by atoms with E-state index in [2.05, 4.69) is 15.3 Å². The number of aliphatic carboxylic acids is 1. The number of fused-ring (bicyclic) bond motifs is 1. The second-order valence-corrected chi connectivity index (χ2v) is 7.38. The molecule has 2 aromatic rings. The highest BCUT2D eigenvalue weighted by Gasteiger charge is 2.21. The van der Waals surface area contributed by atoms with Crippen LogP contribution in [0.4, 0.5) is 11.5 Å². The van der Waals surface area contributed by atoms with E-state index in [9.17, 15) is 4.79 Å².